The minimum atomic E-state index is 0.842. The first kappa shape index (κ1) is 23.0. The molecule has 5 heteroatoms. The van der Waals surface area contributed by atoms with Gasteiger partial charge in [0.2, 0.25) is 0 Å². The Labute approximate surface area is 181 Å². The Hall–Kier alpha value is -3.31. The lowest BCUT2D eigenvalue weighted by Gasteiger charge is -2.21. The summed E-state index contributed by atoms with van der Waals surface area (Å²) in [5, 5.41) is 11.7. The highest BCUT2D eigenvalue weighted by Crippen LogP contribution is 2.23. The van der Waals surface area contributed by atoms with Gasteiger partial charge in [-0.25, -0.2) is 0 Å². The normalized spacial score (nSPS) is 11.5. The number of nitrogens with two attached hydrogens (primary N) is 1. The fourth-order valence-corrected chi connectivity index (χ4v) is 2.90. The van der Waals surface area contributed by atoms with Crippen LogP contribution in [-0.2, 0) is 0 Å². The topological polar surface area (TPSA) is 47.5 Å². The maximum Gasteiger partial charge on any atom is 0.0923 e. The molecule has 0 fully saturated rings. The molecule has 158 valence electrons. The molecule has 0 saturated heterocycles. The molecule has 0 aliphatic rings. The van der Waals surface area contributed by atoms with Gasteiger partial charge >= 0.3 is 0 Å². The average molecular weight is 405 g/mol. The highest BCUT2D eigenvalue weighted by molar-refractivity contribution is 5.82. The van der Waals surface area contributed by atoms with Gasteiger partial charge in [0.25, 0.3) is 0 Å². The van der Waals surface area contributed by atoms with Gasteiger partial charge in [-0.15, -0.1) is 0 Å². The van der Waals surface area contributed by atoms with Crippen molar-refractivity contribution in [3.8, 4) is 0 Å². The third-order valence-corrected chi connectivity index (χ3v) is 4.65. The molecule has 5 nitrogen and oxygen atoms in total. The first-order valence-corrected chi connectivity index (χ1v) is 10.4. The van der Waals surface area contributed by atoms with Gasteiger partial charge < -0.3 is 15.5 Å². The van der Waals surface area contributed by atoms with Crippen molar-refractivity contribution in [1.29, 1.82) is 0 Å². The van der Waals surface area contributed by atoms with Crippen LogP contribution in [0.1, 0.15) is 13.8 Å². The number of hydrogen-bond donors (Lipinski definition) is 2. The first-order chi connectivity index (χ1) is 14.6. The van der Waals surface area contributed by atoms with Crippen molar-refractivity contribution in [2.45, 2.75) is 13.8 Å². The number of quaternary nitrogens is 1. The van der Waals surface area contributed by atoms with E-state index in [9.17, 15) is 0 Å². The fourth-order valence-electron chi connectivity index (χ4n) is 2.90. The van der Waals surface area contributed by atoms with Crippen molar-refractivity contribution >= 4 is 29.0 Å². The average Bonchev–Trinajstić information content (AvgIpc) is 2.77. The lowest BCUT2D eigenvalue weighted by Crippen LogP contribution is -2.72. The summed E-state index contributed by atoms with van der Waals surface area (Å²) in [6.45, 7) is 10.4. The zero-order valence-corrected chi connectivity index (χ0v) is 18.5. The predicted molar refractivity (Wildman–Crippen MR) is 132 cm³/mol. The second kappa shape index (κ2) is 12.3. The molecule has 2 rings (SSSR count). The number of rotatable bonds is 11. The second-order valence-corrected chi connectivity index (χ2v) is 6.81. The third-order valence-electron chi connectivity index (χ3n) is 4.65. The smallest absolute Gasteiger partial charge is 0.0923 e. The minimum Gasteiger partial charge on any atom is -0.372 e. The van der Waals surface area contributed by atoms with Crippen molar-refractivity contribution in [3.63, 3.8) is 0 Å². The quantitative estimate of drug-likeness (QED) is 0.329. The molecule has 2 aromatic carbocycles. The zero-order valence-electron chi connectivity index (χ0n) is 18.5. The van der Waals surface area contributed by atoms with E-state index >= 15 is 0 Å². The summed E-state index contributed by atoms with van der Waals surface area (Å²) < 4.78 is 0. The largest absolute Gasteiger partial charge is 0.372 e. The van der Waals surface area contributed by atoms with E-state index in [0.717, 1.165) is 35.7 Å². The van der Waals surface area contributed by atoms with Gasteiger partial charge in [-0.1, -0.05) is 18.7 Å². The molecule has 0 radical (unpaired) electrons. The molecule has 0 heterocycles. The molecule has 2 aromatic rings. The van der Waals surface area contributed by atoms with E-state index < -0.39 is 0 Å². The van der Waals surface area contributed by atoms with Crippen LogP contribution in [0.4, 0.5) is 22.7 Å². The van der Waals surface area contributed by atoms with Gasteiger partial charge in [-0.2, -0.15) is 5.10 Å². The summed E-state index contributed by atoms with van der Waals surface area (Å²) >= 11 is 0. The van der Waals surface area contributed by atoms with Gasteiger partial charge in [-0.3, -0.25) is 5.01 Å². The standard InChI is InChI=1S/C25H33N5/c1-6-30(7-2)25-17-13-23(14-18-25)28-22-11-15-24(16-12-22)29(5)27-20-21(3)10-8-9-19-26-4/h8-20,26,28H,3,6-7H2,1-2,4-5H3/p+1/b10-8-,19-9-,27-20+. The summed E-state index contributed by atoms with van der Waals surface area (Å²) in [7, 11) is 3.91. The van der Waals surface area contributed by atoms with E-state index in [1.54, 1.807) is 6.21 Å². The van der Waals surface area contributed by atoms with Gasteiger partial charge in [0, 0.05) is 37.2 Å². The molecular weight excluding hydrogens is 370 g/mol. The van der Waals surface area contributed by atoms with E-state index in [1.807, 2.05) is 61.0 Å². The van der Waals surface area contributed by atoms with Gasteiger partial charge in [0.05, 0.1) is 25.1 Å². The van der Waals surface area contributed by atoms with Crippen molar-refractivity contribution in [2.24, 2.45) is 5.10 Å². The van der Waals surface area contributed by atoms with E-state index in [0.29, 0.717) is 0 Å². The van der Waals surface area contributed by atoms with E-state index in [1.165, 1.54) is 5.69 Å². The molecule has 3 N–H and O–H groups in total. The van der Waals surface area contributed by atoms with Gasteiger partial charge in [-0.05, 0) is 74.0 Å². The monoisotopic (exact) mass is 404 g/mol. The summed E-state index contributed by atoms with van der Waals surface area (Å²) in [4.78, 5) is 2.33. The second-order valence-electron chi connectivity index (χ2n) is 6.81. The van der Waals surface area contributed by atoms with Crippen LogP contribution in [0.15, 0.2) is 90.2 Å². The zero-order chi connectivity index (χ0) is 21.8. The Balaban J connectivity index is 1.94. The number of hydrazone groups is 1. The number of benzene rings is 2. The summed E-state index contributed by atoms with van der Waals surface area (Å²) in [5.74, 6) is 0. The number of hydrogen-bond acceptors (Lipinski definition) is 4. The van der Waals surface area contributed by atoms with Crippen LogP contribution < -0.4 is 20.5 Å². The molecule has 0 spiro atoms. The molecule has 0 aliphatic carbocycles. The SMILES string of the molecule is C=C(/C=C\C=C/[NH2+]C)/C=N/N(C)c1ccc(Nc2ccc(N(CC)CC)cc2)cc1. The maximum absolute atomic E-state index is 4.45. The first-order valence-electron chi connectivity index (χ1n) is 10.4. The van der Waals surface area contributed by atoms with E-state index in [2.05, 4.69) is 72.1 Å². The lowest BCUT2D eigenvalue weighted by atomic mass is 10.2. The molecule has 0 aromatic heterocycles. The van der Waals surface area contributed by atoms with Crippen LogP contribution in [0.5, 0.6) is 0 Å². The Morgan fingerprint density at radius 2 is 1.53 bits per heavy atom. The Bertz CT molecular complexity index is 859. The Kier molecular flexibility index (Phi) is 9.42. The fraction of sp³-hybridized carbons (Fsp3) is 0.240. The molecule has 0 unspecified atom stereocenters. The molecular formula is C25H34N5+. The number of nitrogens with one attached hydrogen (secondary N) is 1. The van der Waals surface area contributed by atoms with Crippen LogP contribution in [0.3, 0.4) is 0 Å². The summed E-state index contributed by atoms with van der Waals surface area (Å²) in [5.41, 5.74) is 5.21. The van der Waals surface area contributed by atoms with Crippen molar-refractivity contribution in [1.82, 2.24) is 0 Å². The van der Waals surface area contributed by atoms with Crippen LogP contribution in [0.2, 0.25) is 0 Å². The number of nitrogens with zero attached hydrogens (tertiary/aromatic N) is 3. The Morgan fingerprint density at radius 3 is 2.07 bits per heavy atom. The van der Waals surface area contributed by atoms with Gasteiger partial charge in [0.1, 0.15) is 0 Å². The molecule has 0 aliphatic heterocycles. The maximum atomic E-state index is 4.45. The highest BCUT2D eigenvalue weighted by atomic mass is 15.4. The number of allylic oxidation sites excluding steroid dienone is 4. The highest BCUT2D eigenvalue weighted by Gasteiger charge is 2.03. The summed E-state index contributed by atoms with van der Waals surface area (Å²) in [6, 6.07) is 16.7. The molecule has 0 saturated carbocycles. The van der Waals surface area contributed by atoms with Crippen LogP contribution >= 0.6 is 0 Å². The molecule has 0 amide bonds. The summed E-state index contributed by atoms with van der Waals surface area (Å²) in [6.07, 6.45) is 9.57. The molecule has 0 atom stereocenters. The molecule has 30 heavy (non-hydrogen) atoms. The Morgan fingerprint density at radius 1 is 0.967 bits per heavy atom. The number of anilines is 4. The minimum absolute atomic E-state index is 0.842. The van der Waals surface area contributed by atoms with E-state index in [-0.39, 0.29) is 0 Å². The van der Waals surface area contributed by atoms with E-state index in [4.69, 9.17) is 0 Å². The predicted octanol–water partition coefficient (Wildman–Crippen LogP) is 4.52. The van der Waals surface area contributed by atoms with Crippen LogP contribution in [-0.4, -0.2) is 33.4 Å². The molecule has 0 bridgehead atoms. The van der Waals surface area contributed by atoms with Crippen molar-refractivity contribution in [3.05, 3.63) is 85.1 Å². The van der Waals surface area contributed by atoms with Crippen LogP contribution in [0.25, 0.3) is 0 Å². The third kappa shape index (κ3) is 7.26. The van der Waals surface area contributed by atoms with Gasteiger partial charge in [0.15, 0.2) is 0 Å². The van der Waals surface area contributed by atoms with Crippen LogP contribution in [0, 0.1) is 0 Å². The van der Waals surface area contributed by atoms with Crippen molar-refractivity contribution in [2.75, 3.05) is 42.4 Å². The van der Waals surface area contributed by atoms with Crippen molar-refractivity contribution < 1.29 is 5.32 Å². The lowest BCUT2D eigenvalue weighted by molar-refractivity contribution is -0.556.